The highest BCUT2D eigenvalue weighted by molar-refractivity contribution is 5.48. The zero-order valence-electron chi connectivity index (χ0n) is 6.05. The van der Waals surface area contributed by atoms with Crippen LogP contribution in [-0.2, 0) is 4.79 Å². The van der Waals surface area contributed by atoms with Crippen LogP contribution in [0.3, 0.4) is 0 Å². The molecule has 2 heteroatoms. The minimum Gasteiger partial charge on any atom is -0.303 e. The quantitative estimate of drug-likeness (QED) is 0.531. The van der Waals surface area contributed by atoms with Crippen LogP contribution in [0.1, 0.15) is 33.1 Å². The van der Waals surface area contributed by atoms with Crippen molar-refractivity contribution >= 4 is 6.29 Å². The smallest absolute Gasteiger partial charge is 0.119 e. The molecule has 2 nitrogen and oxygen atoms in total. The lowest BCUT2D eigenvalue weighted by molar-refractivity contribution is -0.107. The molecule has 0 fully saturated rings. The van der Waals surface area contributed by atoms with Gasteiger partial charge in [0.05, 0.1) is 6.07 Å². The summed E-state index contributed by atoms with van der Waals surface area (Å²) in [6.07, 6.45) is 3.24. The summed E-state index contributed by atoms with van der Waals surface area (Å²) in [5.74, 6) is 0. The van der Waals surface area contributed by atoms with Crippen molar-refractivity contribution in [3.63, 3.8) is 0 Å². The molecule has 52 valence electrons. The zero-order valence-corrected chi connectivity index (χ0v) is 6.05. The maximum absolute atomic E-state index is 9.40. The molecule has 0 aromatic rings. The molecular weight excluding hydrogens is 114 g/mol. The fourth-order valence-electron chi connectivity index (χ4n) is 0.118. The maximum atomic E-state index is 9.40. The second-order valence-corrected chi connectivity index (χ2v) is 1.47. The van der Waals surface area contributed by atoms with E-state index in [1.165, 1.54) is 0 Å². The van der Waals surface area contributed by atoms with Crippen LogP contribution in [-0.4, -0.2) is 6.29 Å². The Bertz CT molecular complexity index is 83.4. The number of hydrogen-bond donors (Lipinski definition) is 0. The Balaban J connectivity index is 0. The van der Waals surface area contributed by atoms with Crippen molar-refractivity contribution in [2.75, 3.05) is 0 Å². The number of carbonyl (C=O) groups is 1. The summed E-state index contributed by atoms with van der Waals surface area (Å²) in [6, 6.07) is 1.93. The summed E-state index contributed by atoms with van der Waals surface area (Å²) in [5.41, 5.74) is 0. The van der Waals surface area contributed by atoms with Gasteiger partial charge in [-0.25, -0.2) is 0 Å². The first-order valence-corrected chi connectivity index (χ1v) is 3.14. The standard InChI is InChI=1S/C4H8O.C3H5N/c1-2-3-4-5;1-2-3-4/h4H,2-3H2,1H3;2H2,1H3. The number of aldehydes is 1. The molecular formula is C7H13NO. The molecule has 0 bridgehead atoms. The summed E-state index contributed by atoms with van der Waals surface area (Å²) in [5, 5.41) is 7.62. The molecule has 0 amide bonds. The summed E-state index contributed by atoms with van der Waals surface area (Å²) >= 11 is 0. The van der Waals surface area contributed by atoms with Crippen LogP contribution in [0.25, 0.3) is 0 Å². The molecule has 0 aliphatic rings. The predicted molar refractivity (Wildman–Crippen MR) is 36.9 cm³/mol. The van der Waals surface area contributed by atoms with E-state index < -0.39 is 0 Å². The minimum atomic E-state index is 0.625. The topological polar surface area (TPSA) is 40.9 Å². The van der Waals surface area contributed by atoms with Gasteiger partial charge in [-0.05, 0) is 6.42 Å². The SMILES string of the molecule is CCC#N.CCCC=O. The minimum absolute atomic E-state index is 0.625. The number of carbonyl (C=O) groups excluding carboxylic acids is 1. The van der Waals surface area contributed by atoms with Crippen LogP contribution in [0.15, 0.2) is 0 Å². The monoisotopic (exact) mass is 127 g/mol. The Morgan fingerprint density at radius 3 is 2.00 bits per heavy atom. The van der Waals surface area contributed by atoms with Crippen LogP contribution in [0.4, 0.5) is 0 Å². The lowest BCUT2D eigenvalue weighted by Crippen LogP contribution is -1.64. The van der Waals surface area contributed by atoms with Crippen molar-refractivity contribution in [2.24, 2.45) is 0 Å². The van der Waals surface area contributed by atoms with Crippen molar-refractivity contribution in [3.8, 4) is 6.07 Å². The van der Waals surface area contributed by atoms with Gasteiger partial charge < -0.3 is 4.79 Å². The fraction of sp³-hybridized carbons (Fsp3) is 0.714. The van der Waals surface area contributed by atoms with E-state index in [0.29, 0.717) is 12.8 Å². The predicted octanol–water partition coefficient (Wildman–Crippen LogP) is 1.91. The van der Waals surface area contributed by atoms with E-state index in [1.54, 1.807) is 0 Å². The molecule has 0 saturated carbocycles. The van der Waals surface area contributed by atoms with Crippen LogP contribution >= 0.6 is 0 Å². The second kappa shape index (κ2) is 15.7. The molecule has 0 spiro atoms. The van der Waals surface area contributed by atoms with Crippen LogP contribution in [0, 0.1) is 11.3 Å². The van der Waals surface area contributed by atoms with Crippen molar-refractivity contribution in [1.82, 2.24) is 0 Å². The van der Waals surface area contributed by atoms with E-state index in [4.69, 9.17) is 5.26 Å². The van der Waals surface area contributed by atoms with Crippen LogP contribution in [0.5, 0.6) is 0 Å². The van der Waals surface area contributed by atoms with Crippen molar-refractivity contribution in [2.45, 2.75) is 33.1 Å². The second-order valence-electron chi connectivity index (χ2n) is 1.47. The average molecular weight is 127 g/mol. The normalized spacial score (nSPS) is 6.33. The van der Waals surface area contributed by atoms with E-state index in [-0.39, 0.29) is 0 Å². The van der Waals surface area contributed by atoms with Gasteiger partial charge in [-0.15, -0.1) is 0 Å². The van der Waals surface area contributed by atoms with E-state index in [1.807, 2.05) is 19.9 Å². The molecule has 0 saturated heterocycles. The van der Waals surface area contributed by atoms with Gasteiger partial charge in [-0.1, -0.05) is 13.8 Å². The molecule has 0 N–H and O–H groups in total. The summed E-state index contributed by atoms with van der Waals surface area (Å²) in [7, 11) is 0. The van der Waals surface area contributed by atoms with Gasteiger partial charge in [-0.3, -0.25) is 0 Å². The first-order chi connectivity index (χ1) is 4.33. The first-order valence-electron chi connectivity index (χ1n) is 3.14. The lowest BCUT2D eigenvalue weighted by Gasteiger charge is -1.68. The average Bonchev–Trinajstić information content (AvgIpc) is 1.91. The number of unbranched alkanes of at least 4 members (excludes halogenated alkanes) is 1. The highest BCUT2D eigenvalue weighted by Gasteiger charge is 1.66. The van der Waals surface area contributed by atoms with Crippen molar-refractivity contribution in [1.29, 1.82) is 5.26 Å². The Morgan fingerprint density at radius 2 is 2.00 bits per heavy atom. The third-order valence-corrected chi connectivity index (χ3v) is 0.565. The Hall–Kier alpha value is -0.840. The molecule has 0 unspecified atom stereocenters. The first kappa shape index (κ1) is 11.0. The van der Waals surface area contributed by atoms with E-state index in [0.717, 1.165) is 12.7 Å². The van der Waals surface area contributed by atoms with E-state index >= 15 is 0 Å². The third kappa shape index (κ3) is 40.9. The molecule has 0 aromatic carbocycles. The largest absolute Gasteiger partial charge is 0.303 e. The number of nitriles is 1. The summed E-state index contributed by atoms with van der Waals surface area (Å²) in [6.45, 7) is 3.80. The van der Waals surface area contributed by atoms with Gasteiger partial charge in [0.1, 0.15) is 6.29 Å². The molecule has 9 heavy (non-hydrogen) atoms. The maximum Gasteiger partial charge on any atom is 0.119 e. The van der Waals surface area contributed by atoms with Crippen molar-refractivity contribution < 1.29 is 4.79 Å². The molecule has 0 radical (unpaired) electrons. The summed E-state index contributed by atoms with van der Waals surface area (Å²) in [4.78, 5) is 9.40. The molecule has 0 atom stereocenters. The summed E-state index contributed by atoms with van der Waals surface area (Å²) < 4.78 is 0. The third-order valence-electron chi connectivity index (χ3n) is 0.565. The molecule has 0 aliphatic carbocycles. The van der Waals surface area contributed by atoms with Gasteiger partial charge in [0.15, 0.2) is 0 Å². The van der Waals surface area contributed by atoms with E-state index in [9.17, 15) is 4.79 Å². The van der Waals surface area contributed by atoms with Gasteiger partial charge in [0.25, 0.3) is 0 Å². The highest BCUT2D eigenvalue weighted by atomic mass is 16.1. The van der Waals surface area contributed by atoms with Crippen LogP contribution in [0.2, 0.25) is 0 Å². The van der Waals surface area contributed by atoms with Gasteiger partial charge in [0, 0.05) is 12.8 Å². The molecule has 0 rings (SSSR count). The van der Waals surface area contributed by atoms with Gasteiger partial charge >= 0.3 is 0 Å². The van der Waals surface area contributed by atoms with Gasteiger partial charge in [-0.2, -0.15) is 5.26 Å². The Morgan fingerprint density at radius 1 is 1.56 bits per heavy atom. The zero-order chi connectivity index (χ0) is 7.54. The number of nitrogens with zero attached hydrogens (tertiary/aromatic N) is 1. The molecule has 0 aromatic heterocycles. The van der Waals surface area contributed by atoms with E-state index in [2.05, 4.69) is 0 Å². The number of hydrogen-bond acceptors (Lipinski definition) is 2. The molecule has 0 heterocycles. The number of rotatable bonds is 2. The van der Waals surface area contributed by atoms with Gasteiger partial charge in [0.2, 0.25) is 0 Å². The van der Waals surface area contributed by atoms with Crippen molar-refractivity contribution in [3.05, 3.63) is 0 Å². The Kier molecular flexibility index (Phi) is 19.2. The van der Waals surface area contributed by atoms with Crippen LogP contribution < -0.4 is 0 Å². The lowest BCUT2D eigenvalue weighted by atomic mass is 10.4. The Labute approximate surface area is 56.5 Å². The highest BCUT2D eigenvalue weighted by Crippen LogP contribution is 1.74. The fourth-order valence-corrected chi connectivity index (χ4v) is 0.118. The molecule has 0 aliphatic heterocycles.